The zero-order valence-corrected chi connectivity index (χ0v) is 17.5. The van der Waals surface area contributed by atoms with E-state index in [1.165, 1.54) is 70.9 Å². The van der Waals surface area contributed by atoms with Crippen LogP contribution >= 0.6 is 0 Å². The van der Waals surface area contributed by atoms with Gasteiger partial charge >= 0.3 is 5.97 Å². The van der Waals surface area contributed by atoms with Crippen LogP contribution in [0.3, 0.4) is 0 Å². The van der Waals surface area contributed by atoms with E-state index in [0.29, 0.717) is 17.4 Å². The van der Waals surface area contributed by atoms with Crippen LogP contribution in [0.15, 0.2) is 36.4 Å². The monoisotopic (exact) mass is 413 g/mol. The molecule has 0 aliphatic heterocycles. The van der Waals surface area contributed by atoms with Crippen LogP contribution in [0.5, 0.6) is 17.2 Å². The molecule has 2 aromatic rings. The molecule has 0 radical (unpaired) electrons. The highest BCUT2D eigenvalue weighted by Gasteiger charge is 2.25. The summed E-state index contributed by atoms with van der Waals surface area (Å²) >= 11 is 0. The molecule has 0 saturated heterocycles. The van der Waals surface area contributed by atoms with Crippen molar-refractivity contribution in [1.82, 2.24) is 0 Å². The molecule has 1 aliphatic carbocycles. The number of benzene rings is 2. The number of aromatic carboxylic acids is 1. The first-order chi connectivity index (χ1) is 14.4. The van der Waals surface area contributed by atoms with E-state index in [1.54, 1.807) is 12.1 Å². The van der Waals surface area contributed by atoms with Gasteiger partial charge in [0, 0.05) is 19.1 Å². The molecule has 1 fully saturated rings. The van der Waals surface area contributed by atoms with Crippen molar-refractivity contribution in [1.29, 1.82) is 0 Å². The predicted octanol–water partition coefficient (Wildman–Crippen LogP) is 4.80. The first-order valence-corrected chi connectivity index (χ1v) is 10.0. The van der Waals surface area contributed by atoms with Crippen LogP contribution in [-0.4, -0.2) is 31.2 Å². The van der Waals surface area contributed by atoms with Gasteiger partial charge in [-0.1, -0.05) is 31.4 Å². The molecule has 160 valence electrons. The minimum atomic E-state index is -1.21. The van der Waals surface area contributed by atoms with Crippen molar-refractivity contribution in [2.24, 2.45) is 0 Å². The van der Waals surface area contributed by atoms with Gasteiger partial charge in [0.2, 0.25) is 0 Å². The van der Waals surface area contributed by atoms with Gasteiger partial charge in [-0.15, -0.1) is 5.06 Å². The van der Waals surface area contributed by atoms with Gasteiger partial charge in [-0.25, -0.2) is 4.79 Å². The van der Waals surface area contributed by atoms with Gasteiger partial charge in [0.05, 0.1) is 19.8 Å². The Hall–Kier alpha value is -3.22. The minimum absolute atomic E-state index is 0.0593. The van der Waals surface area contributed by atoms with Crippen LogP contribution in [0.25, 0.3) is 0 Å². The summed E-state index contributed by atoms with van der Waals surface area (Å²) in [6.45, 7) is 1.30. The SMILES string of the molecule is COc1cc(C(=O)O)c(N(Oc2ccc(C3CCCCC3)cc2)C(C)=O)cc1OC. The lowest BCUT2D eigenvalue weighted by Crippen LogP contribution is -2.33. The lowest BCUT2D eigenvalue weighted by atomic mass is 9.84. The highest BCUT2D eigenvalue weighted by Crippen LogP contribution is 2.37. The van der Waals surface area contributed by atoms with Crippen LogP contribution in [0.2, 0.25) is 0 Å². The first-order valence-electron chi connectivity index (χ1n) is 10.0. The van der Waals surface area contributed by atoms with Crippen molar-refractivity contribution in [3.63, 3.8) is 0 Å². The molecule has 1 N–H and O–H groups in total. The number of anilines is 1. The van der Waals surface area contributed by atoms with Crippen molar-refractivity contribution in [3.8, 4) is 17.2 Å². The van der Waals surface area contributed by atoms with Gasteiger partial charge in [0.15, 0.2) is 17.2 Å². The van der Waals surface area contributed by atoms with Gasteiger partial charge in [-0.05, 0) is 36.5 Å². The number of nitrogens with zero attached hydrogens (tertiary/aromatic N) is 1. The van der Waals surface area contributed by atoms with Crippen LogP contribution in [0.4, 0.5) is 5.69 Å². The highest BCUT2D eigenvalue weighted by atomic mass is 16.7. The van der Waals surface area contributed by atoms with Gasteiger partial charge < -0.3 is 19.4 Å². The van der Waals surface area contributed by atoms with E-state index in [9.17, 15) is 14.7 Å². The lowest BCUT2D eigenvalue weighted by molar-refractivity contribution is -0.120. The van der Waals surface area contributed by atoms with E-state index < -0.39 is 11.9 Å². The fraction of sp³-hybridized carbons (Fsp3) is 0.391. The maximum absolute atomic E-state index is 12.3. The number of carboxylic acid groups (broad SMARTS) is 1. The third kappa shape index (κ3) is 4.67. The summed E-state index contributed by atoms with van der Waals surface area (Å²) < 4.78 is 10.4. The molecule has 1 amide bonds. The molecule has 3 rings (SSSR count). The lowest BCUT2D eigenvalue weighted by Gasteiger charge is -2.25. The summed E-state index contributed by atoms with van der Waals surface area (Å²) in [7, 11) is 2.85. The van der Waals surface area contributed by atoms with E-state index in [0.717, 1.165) is 5.06 Å². The van der Waals surface area contributed by atoms with Crippen molar-refractivity contribution in [2.75, 3.05) is 19.3 Å². The molecule has 7 heteroatoms. The van der Waals surface area contributed by atoms with Gasteiger partial charge in [-0.2, -0.15) is 0 Å². The number of hydrogen-bond acceptors (Lipinski definition) is 5. The van der Waals surface area contributed by atoms with Gasteiger partial charge in [0.25, 0.3) is 5.91 Å². The second kappa shape index (κ2) is 9.52. The van der Waals surface area contributed by atoms with Crippen LogP contribution in [0, 0.1) is 0 Å². The van der Waals surface area contributed by atoms with Gasteiger partial charge in [-0.3, -0.25) is 4.79 Å². The minimum Gasteiger partial charge on any atom is -0.493 e. The van der Waals surface area contributed by atoms with E-state index >= 15 is 0 Å². The molecule has 30 heavy (non-hydrogen) atoms. The summed E-state index contributed by atoms with van der Waals surface area (Å²) in [5.74, 6) is -0.148. The Morgan fingerprint density at radius 1 is 0.967 bits per heavy atom. The fourth-order valence-corrected chi connectivity index (χ4v) is 3.83. The molecule has 0 atom stereocenters. The molecule has 2 aromatic carbocycles. The third-order valence-corrected chi connectivity index (χ3v) is 5.39. The maximum atomic E-state index is 12.3. The average molecular weight is 413 g/mol. The second-order valence-electron chi connectivity index (χ2n) is 7.34. The highest BCUT2D eigenvalue weighted by molar-refractivity contribution is 6.01. The number of amides is 1. The Balaban J connectivity index is 1.91. The first kappa shape index (κ1) is 21.5. The number of carbonyl (C=O) groups is 2. The van der Waals surface area contributed by atoms with E-state index in [-0.39, 0.29) is 17.0 Å². The Bertz CT molecular complexity index is 903. The van der Waals surface area contributed by atoms with Crippen molar-refractivity contribution in [3.05, 3.63) is 47.5 Å². The molecule has 1 saturated carbocycles. The number of methoxy groups -OCH3 is 2. The smallest absolute Gasteiger partial charge is 0.338 e. The number of ether oxygens (including phenoxy) is 2. The van der Waals surface area contributed by atoms with Crippen molar-refractivity contribution < 1.29 is 29.0 Å². The molecule has 7 nitrogen and oxygen atoms in total. The van der Waals surface area contributed by atoms with Crippen LogP contribution in [0.1, 0.15) is 60.9 Å². The third-order valence-electron chi connectivity index (χ3n) is 5.39. The van der Waals surface area contributed by atoms with E-state index in [4.69, 9.17) is 14.3 Å². The summed E-state index contributed by atoms with van der Waals surface area (Å²) in [5, 5.41) is 10.6. The Labute approximate surface area is 176 Å². The fourth-order valence-electron chi connectivity index (χ4n) is 3.83. The Kier molecular flexibility index (Phi) is 6.82. The van der Waals surface area contributed by atoms with E-state index in [1.807, 2.05) is 12.1 Å². The molecular weight excluding hydrogens is 386 g/mol. The molecule has 0 bridgehead atoms. The number of carboxylic acids is 1. The number of carbonyl (C=O) groups excluding carboxylic acids is 1. The molecule has 0 aromatic heterocycles. The summed E-state index contributed by atoms with van der Waals surface area (Å²) in [4.78, 5) is 29.9. The standard InChI is InChI=1S/C23H27NO6/c1-15(25)24(20-14-22(29-3)21(28-2)13-19(20)23(26)27)30-18-11-9-17(10-12-18)16-7-5-4-6-8-16/h9-14,16H,4-8H2,1-3H3,(H,26,27). The largest absolute Gasteiger partial charge is 0.493 e. The Morgan fingerprint density at radius 3 is 2.10 bits per heavy atom. The molecule has 1 aliphatic rings. The van der Waals surface area contributed by atoms with Crippen LogP contribution in [-0.2, 0) is 4.79 Å². The normalized spacial score (nSPS) is 14.1. The predicted molar refractivity (Wildman–Crippen MR) is 113 cm³/mol. The molecule has 0 spiro atoms. The van der Waals surface area contributed by atoms with Crippen LogP contribution < -0.4 is 19.4 Å². The number of hydrogen-bond donors (Lipinski definition) is 1. The Morgan fingerprint density at radius 2 is 1.57 bits per heavy atom. The van der Waals surface area contributed by atoms with Crippen molar-refractivity contribution in [2.45, 2.75) is 44.9 Å². The summed E-state index contributed by atoms with van der Waals surface area (Å²) in [6, 6.07) is 10.4. The zero-order chi connectivity index (χ0) is 21.7. The molecular formula is C23H27NO6. The number of hydroxylamine groups is 1. The molecule has 0 heterocycles. The van der Waals surface area contributed by atoms with E-state index in [2.05, 4.69) is 0 Å². The number of rotatable bonds is 7. The summed E-state index contributed by atoms with van der Waals surface area (Å²) in [5.41, 5.74) is 1.18. The maximum Gasteiger partial charge on any atom is 0.338 e. The average Bonchev–Trinajstić information content (AvgIpc) is 2.77. The summed E-state index contributed by atoms with van der Waals surface area (Å²) in [6.07, 6.45) is 6.17. The topological polar surface area (TPSA) is 85.3 Å². The van der Waals surface area contributed by atoms with Gasteiger partial charge in [0.1, 0.15) is 5.69 Å². The zero-order valence-electron chi connectivity index (χ0n) is 17.5. The molecule has 0 unspecified atom stereocenters. The second-order valence-corrected chi connectivity index (χ2v) is 7.34. The quantitative estimate of drug-likeness (QED) is 0.657. The van der Waals surface area contributed by atoms with Crippen molar-refractivity contribution >= 4 is 17.6 Å².